The van der Waals surface area contributed by atoms with Crippen LogP contribution in [0.2, 0.25) is 0 Å². The number of nitro groups is 1. The second kappa shape index (κ2) is 5.04. The zero-order valence-corrected chi connectivity index (χ0v) is 10.8. The molecule has 2 N–H and O–H groups in total. The van der Waals surface area contributed by atoms with Gasteiger partial charge in [0.1, 0.15) is 0 Å². The van der Waals surface area contributed by atoms with Gasteiger partial charge in [-0.05, 0) is 11.7 Å². The molecule has 2 rings (SSSR count). The van der Waals surface area contributed by atoms with Crippen molar-refractivity contribution in [3.05, 3.63) is 28.1 Å². The summed E-state index contributed by atoms with van der Waals surface area (Å²) in [6.07, 6.45) is 0.321. The number of amides is 1. The van der Waals surface area contributed by atoms with Crippen molar-refractivity contribution in [3.63, 3.8) is 0 Å². The maximum absolute atomic E-state index is 13.6. The number of rotatable bonds is 3. The average Bonchev–Trinajstić information content (AvgIpc) is 2.72. The minimum absolute atomic E-state index is 0.0151. The highest BCUT2D eigenvalue weighted by atomic mass is 32.1. The number of nitrogens with two attached hydrogens (primary N) is 1. The van der Waals surface area contributed by atoms with E-state index in [2.05, 4.69) is 12.6 Å². The number of nitrogen functional groups attached to an aromatic ring is 1. The number of hydrogen-bond acceptors (Lipinski definition) is 5. The van der Waals surface area contributed by atoms with Crippen LogP contribution in [0, 0.1) is 21.8 Å². The smallest absolute Gasteiger partial charge is 0.306 e. The summed E-state index contributed by atoms with van der Waals surface area (Å²) in [5.41, 5.74) is 5.17. The van der Waals surface area contributed by atoms with Crippen LogP contribution in [-0.2, 0) is 4.79 Å². The molecular formula is C11H12FN3O3S. The molecule has 0 spiro atoms. The van der Waals surface area contributed by atoms with Crippen LogP contribution in [0.3, 0.4) is 0 Å². The summed E-state index contributed by atoms with van der Waals surface area (Å²) in [5, 5.41) is 10.6. The first-order valence-corrected chi connectivity index (χ1v) is 6.22. The molecule has 0 aromatic heterocycles. The van der Waals surface area contributed by atoms with E-state index >= 15 is 0 Å². The third kappa shape index (κ3) is 2.48. The third-order valence-corrected chi connectivity index (χ3v) is 3.56. The molecule has 8 heteroatoms. The molecule has 1 aliphatic heterocycles. The van der Waals surface area contributed by atoms with E-state index in [1.54, 1.807) is 0 Å². The lowest BCUT2D eigenvalue weighted by atomic mass is 10.1. The molecule has 1 saturated heterocycles. The van der Waals surface area contributed by atoms with Crippen molar-refractivity contribution in [1.29, 1.82) is 0 Å². The van der Waals surface area contributed by atoms with Crippen LogP contribution in [-0.4, -0.2) is 23.1 Å². The Bertz CT molecular complexity index is 552. The van der Waals surface area contributed by atoms with Crippen molar-refractivity contribution in [3.8, 4) is 0 Å². The summed E-state index contributed by atoms with van der Waals surface area (Å²) in [4.78, 5) is 22.9. The summed E-state index contributed by atoms with van der Waals surface area (Å²) < 4.78 is 13.6. The van der Waals surface area contributed by atoms with Crippen LogP contribution in [0.1, 0.15) is 6.42 Å². The Morgan fingerprint density at radius 3 is 2.79 bits per heavy atom. The van der Waals surface area contributed by atoms with Crippen molar-refractivity contribution >= 4 is 35.6 Å². The fourth-order valence-electron chi connectivity index (χ4n) is 2.08. The van der Waals surface area contributed by atoms with E-state index in [1.165, 1.54) is 4.90 Å². The number of halogens is 1. The summed E-state index contributed by atoms with van der Waals surface area (Å²) in [5.74, 6) is -0.568. The van der Waals surface area contributed by atoms with Crippen molar-refractivity contribution in [1.82, 2.24) is 0 Å². The SMILES string of the molecule is Nc1cc([N+](=O)[O-])c(F)cc1N1CC(CS)CC1=O. The number of carbonyl (C=O) groups excluding carboxylic acids is 1. The molecule has 1 aromatic rings. The standard InChI is InChI=1S/C11H12FN3O3S/c12-7-2-10(8(13)3-9(7)15(17)18)14-4-6(5-19)1-11(14)16/h2-3,6,19H,1,4-5,13H2. The fraction of sp³-hybridized carbons (Fsp3) is 0.364. The van der Waals surface area contributed by atoms with Crippen molar-refractivity contribution in [2.45, 2.75) is 6.42 Å². The Kier molecular flexibility index (Phi) is 3.61. The minimum Gasteiger partial charge on any atom is -0.397 e. The maximum Gasteiger partial charge on any atom is 0.306 e. The molecule has 0 aliphatic carbocycles. The largest absolute Gasteiger partial charge is 0.397 e. The molecule has 1 aromatic carbocycles. The summed E-state index contributed by atoms with van der Waals surface area (Å²) in [6.45, 7) is 0.393. The lowest BCUT2D eigenvalue weighted by Crippen LogP contribution is -2.26. The van der Waals surface area contributed by atoms with Gasteiger partial charge in [-0.25, -0.2) is 0 Å². The van der Waals surface area contributed by atoms with Gasteiger partial charge in [0.15, 0.2) is 0 Å². The number of hydrogen-bond donors (Lipinski definition) is 2. The zero-order valence-electron chi connectivity index (χ0n) is 9.88. The molecule has 102 valence electrons. The highest BCUT2D eigenvalue weighted by molar-refractivity contribution is 7.80. The summed E-state index contributed by atoms with van der Waals surface area (Å²) in [7, 11) is 0. The van der Waals surface area contributed by atoms with Gasteiger partial charge in [-0.1, -0.05) is 0 Å². The normalized spacial score (nSPS) is 18.9. The van der Waals surface area contributed by atoms with Crippen LogP contribution >= 0.6 is 12.6 Å². The van der Waals surface area contributed by atoms with Crippen LogP contribution in [0.5, 0.6) is 0 Å². The zero-order chi connectivity index (χ0) is 14.2. The first kappa shape index (κ1) is 13.6. The summed E-state index contributed by atoms with van der Waals surface area (Å²) >= 11 is 4.13. The monoisotopic (exact) mass is 285 g/mol. The predicted molar refractivity (Wildman–Crippen MR) is 71.8 cm³/mol. The van der Waals surface area contributed by atoms with Gasteiger partial charge >= 0.3 is 5.69 Å². The highest BCUT2D eigenvalue weighted by Gasteiger charge is 2.32. The molecule has 0 bridgehead atoms. The Hall–Kier alpha value is -1.83. The average molecular weight is 285 g/mol. The summed E-state index contributed by atoms with van der Waals surface area (Å²) in [6, 6.07) is 1.87. The van der Waals surface area contributed by atoms with Gasteiger partial charge in [-0.2, -0.15) is 17.0 Å². The van der Waals surface area contributed by atoms with Crippen molar-refractivity contribution in [2.24, 2.45) is 5.92 Å². The minimum atomic E-state index is -1.00. The van der Waals surface area contributed by atoms with Gasteiger partial charge in [-0.3, -0.25) is 14.9 Å². The van der Waals surface area contributed by atoms with Gasteiger partial charge in [-0.15, -0.1) is 0 Å². The highest BCUT2D eigenvalue weighted by Crippen LogP contribution is 2.34. The van der Waals surface area contributed by atoms with Gasteiger partial charge in [0.25, 0.3) is 0 Å². The van der Waals surface area contributed by atoms with Gasteiger partial charge in [0.05, 0.1) is 16.3 Å². The van der Waals surface area contributed by atoms with Crippen LogP contribution in [0.25, 0.3) is 0 Å². The van der Waals surface area contributed by atoms with E-state index < -0.39 is 16.4 Å². The maximum atomic E-state index is 13.6. The number of anilines is 2. The topological polar surface area (TPSA) is 89.5 Å². The van der Waals surface area contributed by atoms with E-state index in [0.29, 0.717) is 18.7 Å². The number of benzene rings is 1. The van der Waals surface area contributed by atoms with E-state index in [1.807, 2.05) is 0 Å². The molecule has 0 saturated carbocycles. The third-order valence-electron chi connectivity index (χ3n) is 3.05. The fourth-order valence-corrected chi connectivity index (χ4v) is 2.32. The molecule has 6 nitrogen and oxygen atoms in total. The Balaban J connectivity index is 2.39. The molecule has 19 heavy (non-hydrogen) atoms. The van der Waals surface area contributed by atoms with E-state index in [-0.39, 0.29) is 23.2 Å². The van der Waals surface area contributed by atoms with Crippen molar-refractivity contribution in [2.75, 3.05) is 22.9 Å². The van der Waals surface area contributed by atoms with E-state index in [9.17, 15) is 19.3 Å². The lowest BCUT2D eigenvalue weighted by Gasteiger charge is -2.18. The quantitative estimate of drug-likeness (QED) is 0.382. The first-order valence-electron chi connectivity index (χ1n) is 5.58. The van der Waals surface area contributed by atoms with E-state index in [0.717, 1.165) is 12.1 Å². The first-order chi connectivity index (χ1) is 8.93. The molecule has 1 amide bonds. The second-order valence-corrected chi connectivity index (χ2v) is 4.74. The van der Waals surface area contributed by atoms with Gasteiger partial charge in [0.2, 0.25) is 11.7 Å². The number of carbonyl (C=O) groups is 1. The molecule has 1 fully saturated rings. The molecule has 1 unspecified atom stereocenters. The molecule has 1 atom stereocenters. The second-order valence-electron chi connectivity index (χ2n) is 4.38. The number of nitrogens with zero attached hydrogens (tertiary/aromatic N) is 2. The van der Waals surface area contributed by atoms with Crippen LogP contribution < -0.4 is 10.6 Å². The Labute approximate surface area is 113 Å². The molecule has 1 aliphatic rings. The van der Waals surface area contributed by atoms with Crippen molar-refractivity contribution < 1.29 is 14.1 Å². The molecular weight excluding hydrogens is 273 g/mol. The number of nitro benzene ring substituents is 1. The van der Waals surface area contributed by atoms with E-state index in [4.69, 9.17) is 5.73 Å². The van der Waals surface area contributed by atoms with Crippen LogP contribution in [0.15, 0.2) is 12.1 Å². The number of thiol groups is 1. The van der Waals surface area contributed by atoms with Crippen LogP contribution in [0.4, 0.5) is 21.5 Å². The Morgan fingerprint density at radius 2 is 2.26 bits per heavy atom. The molecule has 1 heterocycles. The lowest BCUT2D eigenvalue weighted by molar-refractivity contribution is -0.387. The Morgan fingerprint density at radius 1 is 1.58 bits per heavy atom. The predicted octanol–water partition coefficient (Wildman–Crippen LogP) is 1.60. The van der Waals surface area contributed by atoms with Gasteiger partial charge < -0.3 is 10.6 Å². The van der Waals surface area contributed by atoms with Gasteiger partial charge in [0, 0.05) is 25.1 Å². The molecule has 0 radical (unpaired) electrons.